The van der Waals surface area contributed by atoms with Crippen molar-refractivity contribution in [2.45, 2.75) is 50.6 Å². The summed E-state index contributed by atoms with van der Waals surface area (Å²) < 4.78 is 44.2. The highest BCUT2D eigenvalue weighted by atomic mass is 35.5. The molecule has 3 aromatic carbocycles. The van der Waals surface area contributed by atoms with Crippen molar-refractivity contribution in [1.29, 1.82) is 0 Å². The van der Waals surface area contributed by atoms with Crippen LogP contribution in [0, 0.1) is 0 Å². The van der Waals surface area contributed by atoms with Crippen LogP contribution < -0.4 is 0 Å². The van der Waals surface area contributed by atoms with Crippen LogP contribution in [0.3, 0.4) is 0 Å². The zero-order valence-electron chi connectivity index (χ0n) is 20.7. The van der Waals surface area contributed by atoms with Crippen LogP contribution in [0.25, 0.3) is 22.8 Å². The van der Waals surface area contributed by atoms with E-state index in [1.54, 1.807) is 16.8 Å². The number of benzene rings is 3. The van der Waals surface area contributed by atoms with Crippen LogP contribution in [0.4, 0.5) is 13.2 Å². The molecule has 5 rings (SSSR count). The second kappa shape index (κ2) is 9.49. The Labute approximate surface area is 219 Å². The number of hydrogen-bond acceptors (Lipinski definition) is 2. The third kappa shape index (κ3) is 4.82. The van der Waals surface area contributed by atoms with Crippen LogP contribution in [0.2, 0.25) is 5.02 Å². The van der Waals surface area contributed by atoms with Crippen molar-refractivity contribution in [3.63, 3.8) is 0 Å². The number of fused-ring (bicyclic) bond motifs is 1. The van der Waals surface area contributed by atoms with Gasteiger partial charge in [-0.05, 0) is 78.8 Å². The van der Waals surface area contributed by atoms with Crippen molar-refractivity contribution < 1.29 is 13.2 Å². The van der Waals surface area contributed by atoms with E-state index in [-0.39, 0.29) is 11.0 Å². The molecule has 0 saturated heterocycles. The third-order valence-electron chi connectivity index (χ3n) is 7.27. The van der Waals surface area contributed by atoms with E-state index < -0.39 is 12.1 Å². The van der Waals surface area contributed by atoms with Crippen molar-refractivity contribution in [3.05, 3.63) is 106 Å². The van der Waals surface area contributed by atoms with Gasteiger partial charge in [0.2, 0.25) is 0 Å². The van der Waals surface area contributed by atoms with Gasteiger partial charge in [-0.2, -0.15) is 13.2 Å². The van der Waals surface area contributed by atoms with E-state index in [2.05, 4.69) is 16.9 Å². The Morgan fingerprint density at radius 2 is 1.89 bits per heavy atom. The maximum Gasteiger partial charge on any atom is 0.399 e. The molecule has 0 N–H and O–H groups in total. The topological polar surface area (TPSA) is 30.7 Å². The number of aromatic nitrogens is 3. The van der Waals surface area contributed by atoms with Crippen molar-refractivity contribution in [2.75, 3.05) is 0 Å². The first-order valence-corrected chi connectivity index (χ1v) is 12.7. The smallest absolute Gasteiger partial charge is 0.212 e. The maximum atomic E-state index is 14.1. The van der Waals surface area contributed by atoms with Gasteiger partial charge in [0.05, 0.1) is 17.1 Å². The fraction of sp³-hybridized carbons (Fsp3) is 0.267. The summed E-state index contributed by atoms with van der Waals surface area (Å²) >= 11 is 6.14. The van der Waals surface area contributed by atoms with E-state index in [0.717, 1.165) is 46.3 Å². The minimum Gasteiger partial charge on any atom is -0.212 e. The minimum absolute atomic E-state index is 0.131. The maximum absolute atomic E-state index is 14.1. The second-order valence-corrected chi connectivity index (χ2v) is 10.2. The third-order valence-corrected chi connectivity index (χ3v) is 7.48. The number of allylic oxidation sites excluding steroid dienone is 2. The molecule has 37 heavy (non-hydrogen) atoms. The fourth-order valence-corrected chi connectivity index (χ4v) is 5.27. The molecular weight excluding hydrogens is 495 g/mol. The van der Waals surface area contributed by atoms with Gasteiger partial charge in [-0.15, -0.1) is 5.10 Å². The monoisotopic (exact) mass is 521 g/mol. The van der Waals surface area contributed by atoms with Gasteiger partial charge in [0.25, 0.3) is 0 Å². The van der Waals surface area contributed by atoms with Crippen molar-refractivity contribution >= 4 is 28.7 Å². The highest BCUT2D eigenvalue weighted by Crippen LogP contribution is 2.55. The molecule has 1 aliphatic carbocycles. The van der Waals surface area contributed by atoms with Crippen molar-refractivity contribution in [1.82, 2.24) is 15.0 Å². The van der Waals surface area contributed by atoms with Crippen molar-refractivity contribution in [3.8, 4) is 5.69 Å². The molecule has 0 radical (unpaired) electrons. The number of aryl methyl sites for hydroxylation is 1. The van der Waals surface area contributed by atoms with E-state index in [0.29, 0.717) is 17.0 Å². The molecule has 1 saturated carbocycles. The molecule has 7 heteroatoms. The lowest BCUT2D eigenvalue weighted by Gasteiger charge is -2.21. The molecule has 3 nitrogen and oxygen atoms in total. The molecule has 1 aliphatic rings. The predicted molar refractivity (Wildman–Crippen MR) is 143 cm³/mol. The Kier molecular flexibility index (Phi) is 6.48. The first-order valence-electron chi connectivity index (χ1n) is 12.3. The van der Waals surface area contributed by atoms with Gasteiger partial charge in [-0.1, -0.05) is 78.4 Å². The van der Waals surface area contributed by atoms with Crippen LogP contribution in [0.5, 0.6) is 0 Å². The van der Waals surface area contributed by atoms with Gasteiger partial charge in [0, 0.05) is 10.4 Å². The second-order valence-electron chi connectivity index (χ2n) is 9.75. The van der Waals surface area contributed by atoms with Gasteiger partial charge < -0.3 is 0 Å². The van der Waals surface area contributed by atoms with E-state index in [4.69, 9.17) is 11.6 Å². The summed E-state index contributed by atoms with van der Waals surface area (Å²) in [5.74, 6) is -1.78. The van der Waals surface area contributed by atoms with Gasteiger partial charge >= 0.3 is 6.18 Å². The fourth-order valence-electron chi connectivity index (χ4n) is 5.01. The Bertz CT molecular complexity index is 1510. The van der Waals surface area contributed by atoms with E-state index in [1.807, 2.05) is 56.3 Å². The summed E-state index contributed by atoms with van der Waals surface area (Å²) in [4.78, 5) is 0. The normalized spacial score (nSPS) is 15.8. The lowest BCUT2D eigenvalue weighted by atomic mass is 9.87. The van der Waals surface area contributed by atoms with E-state index in [9.17, 15) is 13.2 Å². The Balaban J connectivity index is 1.61. The Morgan fingerprint density at radius 1 is 1.14 bits per heavy atom. The summed E-state index contributed by atoms with van der Waals surface area (Å²) in [6.07, 6.45) is 0.814. The largest absolute Gasteiger partial charge is 0.399 e. The lowest BCUT2D eigenvalue weighted by molar-refractivity contribution is -0.139. The summed E-state index contributed by atoms with van der Waals surface area (Å²) in [7, 11) is 0. The highest BCUT2D eigenvalue weighted by molar-refractivity contribution is 6.30. The summed E-state index contributed by atoms with van der Waals surface area (Å²) in [6, 6.07) is 18.0. The van der Waals surface area contributed by atoms with Crippen LogP contribution in [-0.2, 0) is 11.8 Å². The quantitative estimate of drug-likeness (QED) is 0.228. The van der Waals surface area contributed by atoms with Crippen LogP contribution in [-0.4, -0.2) is 21.2 Å². The van der Waals surface area contributed by atoms with Crippen molar-refractivity contribution in [2.24, 2.45) is 0 Å². The van der Waals surface area contributed by atoms with Gasteiger partial charge in [-0.25, -0.2) is 4.68 Å². The summed E-state index contributed by atoms with van der Waals surface area (Å²) in [5.41, 5.74) is 5.89. The van der Waals surface area contributed by atoms with Crippen LogP contribution >= 0.6 is 11.6 Å². The Hall–Kier alpha value is -3.38. The number of nitrogens with zero attached hydrogens (tertiary/aromatic N) is 3. The number of hydrogen-bond donors (Lipinski definition) is 0. The predicted octanol–water partition coefficient (Wildman–Crippen LogP) is 8.60. The standard InChI is InChI=1S/C30H27ClF3N3/c1-4-20-15-22(18-23(31)16-20)24(30(32,33)34)11-9-21-10-12-25(29(13-14-29)19(2)3)28(17-21)37-27-8-6-5-7-26(27)35-36-37/h5-12,15-18,24H,2,4,13-14H2,1,3H3/b11-9+. The average Bonchev–Trinajstić information content (AvgIpc) is 3.56. The summed E-state index contributed by atoms with van der Waals surface area (Å²) in [6.45, 7) is 8.13. The molecule has 0 bridgehead atoms. The molecule has 0 spiro atoms. The molecule has 1 unspecified atom stereocenters. The Morgan fingerprint density at radius 3 is 2.57 bits per heavy atom. The minimum atomic E-state index is -4.46. The molecule has 1 aromatic heterocycles. The molecule has 1 atom stereocenters. The van der Waals surface area contributed by atoms with Gasteiger partial charge in [0.1, 0.15) is 5.52 Å². The van der Waals surface area contributed by atoms with E-state index >= 15 is 0 Å². The first kappa shape index (κ1) is 25.3. The van der Waals surface area contributed by atoms with Crippen LogP contribution in [0.1, 0.15) is 54.9 Å². The number of halogens is 4. The number of alkyl halides is 3. The van der Waals surface area contributed by atoms with Gasteiger partial charge in [-0.3, -0.25) is 0 Å². The molecule has 190 valence electrons. The lowest BCUT2D eigenvalue weighted by Crippen LogP contribution is -2.19. The van der Waals surface area contributed by atoms with E-state index in [1.165, 1.54) is 18.2 Å². The summed E-state index contributed by atoms with van der Waals surface area (Å²) in [5, 5.41) is 8.99. The number of rotatable bonds is 7. The van der Waals surface area contributed by atoms with Crippen LogP contribution in [0.15, 0.2) is 78.9 Å². The zero-order chi connectivity index (χ0) is 26.4. The van der Waals surface area contributed by atoms with Gasteiger partial charge in [0.15, 0.2) is 0 Å². The zero-order valence-corrected chi connectivity index (χ0v) is 21.4. The molecule has 0 amide bonds. The molecule has 1 heterocycles. The molecule has 4 aromatic rings. The number of para-hydroxylation sites is 1. The SMILES string of the molecule is C=C(C)C1(c2ccc(/C=C/C(c3cc(Cl)cc(CC)c3)C(F)(F)F)cc2-n2nnc3ccccc32)CC1. The molecule has 0 aliphatic heterocycles. The molecule has 1 fully saturated rings. The average molecular weight is 522 g/mol. The molecular formula is C30H27ClF3N3. The highest BCUT2D eigenvalue weighted by Gasteiger charge is 2.46. The first-order chi connectivity index (χ1) is 17.6.